The molecular weight excluding hydrogens is 652 g/mol. The normalized spacial score (nSPS) is 35.6. The number of rotatable bonds is 6. The van der Waals surface area contributed by atoms with Gasteiger partial charge in [-0.15, -0.1) is 11.8 Å². The summed E-state index contributed by atoms with van der Waals surface area (Å²) in [5, 5.41) is 56.3. The quantitative estimate of drug-likeness (QED) is 0.272. The second kappa shape index (κ2) is 11.2. The van der Waals surface area contributed by atoms with Gasteiger partial charge in [0.1, 0.15) is 21.0 Å². The molecule has 5 N–H and O–H groups in total. The minimum absolute atomic E-state index is 0.332. The molecule has 2 aliphatic heterocycles. The number of esters is 1. The maximum absolute atomic E-state index is 14.9. The lowest BCUT2D eigenvalue weighted by molar-refractivity contribution is -0.172. The van der Waals surface area contributed by atoms with Crippen molar-refractivity contribution in [1.82, 2.24) is 0 Å². The topological polar surface area (TPSA) is 231 Å². The minimum Gasteiger partial charge on any atom is -0.507 e. The van der Waals surface area contributed by atoms with Crippen LogP contribution in [0.25, 0.3) is 0 Å². The van der Waals surface area contributed by atoms with Crippen molar-refractivity contribution in [2.24, 2.45) is 0 Å². The zero-order valence-electron chi connectivity index (χ0n) is 25.9. The number of aromatic hydroxyl groups is 2. The Labute approximate surface area is 277 Å². The average molecular weight is 685 g/mol. The molecule has 2 aliphatic carbocycles. The van der Waals surface area contributed by atoms with Crippen LogP contribution in [0.2, 0.25) is 0 Å². The van der Waals surface area contributed by atoms with E-state index in [1.165, 1.54) is 38.1 Å². The van der Waals surface area contributed by atoms with Crippen molar-refractivity contribution in [3.05, 3.63) is 58.7 Å². The number of phenolic OH excluding ortho intramolecular Hbond substituents is 2. The van der Waals surface area contributed by atoms with Crippen LogP contribution in [0.15, 0.2) is 36.4 Å². The molecule has 6 rings (SSSR count). The maximum Gasteiger partial charge on any atom is 0.308 e. The maximum atomic E-state index is 14.9. The van der Waals surface area contributed by atoms with E-state index in [9.17, 15) is 54.3 Å². The van der Waals surface area contributed by atoms with Crippen LogP contribution < -0.4 is 0 Å². The van der Waals surface area contributed by atoms with E-state index in [1.54, 1.807) is 0 Å². The van der Waals surface area contributed by atoms with Gasteiger partial charge in [0.25, 0.3) is 0 Å². The number of ether oxygens (including phenoxy) is 3. The summed E-state index contributed by atoms with van der Waals surface area (Å²) in [6, 6.07) is 7.31. The number of thioether (sulfide) groups is 1. The first kappa shape index (κ1) is 33.7. The predicted octanol–water partition coefficient (Wildman–Crippen LogP) is 1.62. The number of benzene rings is 2. The molecule has 0 unspecified atom stereocenters. The standard InChI is InChI=1S/C33H32O14S/c1-14-32(43)28(41)24-18(6-4-8-20(24)34)26(39)30(32,12-16(46-14)10-22(36)37)48-31-13-17(11-23(38)45-3)47-15(2)33(31,44)29(42)25-19(27(31)40)7-5-9-21(25)35/h4-9,14-17,34-35,43-44H,10-13H2,1-3H3,(H,36,37)/t14-,15-,16+,17+,30-,31-,32+,33+/m1/s1. The number of aliphatic carboxylic acids is 1. The molecule has 2 fully saturated rings. The van der Waals surface area contributed by atoms with Crippen molar-refractivity contribution < 1.29 is 68.5 Å². The number of ketones is 4. The summed E-state index contributed by atoms with van der Waals surface area (Å²) in [6.07, 6.45) is -8.20. The van der Waals surface area contributed by atoms with Crippen LogP contribution in [0.3, 0.4) is 0 Å². The van der Waals surface area contributed by atoms with Gasteiger partial charge in [0.15, 0.2) is 22.8 Å². The number of fused-ring (bicyclic) bond motifs is 4. The summed E-state index contributed by atoms with van der Waals surface area (Å²) in [5.74, 6) is -7.64. The summed E-state index contributed by atoms with van der Waals surface area (Å²) in [5.41, 5.74) is -7.49. The zero-order chi connectivity index (χ0) is 35.1. The molecule has 254 valence electrons. The monoisotopic (exact) mass is 684 g/mol. The van der Waals surface area contributed by atoms with E-state index in [1.807, 2.05) is 0 Å². The van der Waals surface area contributed by atoms with Crippen molar-refractivity contribution in [2.45, 2.75) is 84.6 Å². The van der Waals surface area contributed by atoms with Crippen LogP contribution in [0.1, 0.15) is 81.0 Å². The van der Waals surface area contributed by atoms with Crippen LogP contribution in [0, 0.1) is 0 Å². The first-order valence-corrected chi connectivity index (χ1v) is 15.9. The van der Waals surface area contributed by atoms with E-state index in [-0.39, 0.29) is 11.1 Å². The van der Waals surface area contributed by atoms with E-state index in [0.717, 1.165) is 19.2 Å². The smallest absolute Gasteiger partial charge is 0.308 e. The molecule has 2 saturated heterocycles. The Kier molecular flexibility index (Phi) is 7.87. The summed E-state index contributed by atoms with van der Waals surface area (Å²) >= 11 is 0.332. The number of carboxylic acids is 1. The van der Waals surface area contributed by atoms with E-state index in [0.29, 0.717) is 11.8 Å². The van der Waals surface area contributed by atoms with Crippen molar-refractivity contribution in [1.29, 1.82) is 0 Å². The molecule has 0 amide bonds. The number of carbonyl (C=O) groups is 6. The number of aliphatic hydroxyl groups is 2. The van der Waals surface area contributed by atoms with Gasteiger partial charge in [-0.05, 0) is 38.8 Å². The Balaban J connectivity index is 1.67. The van der Waals surface area contributed by atoms with Gasteiger partial charge in [0.2, 0.25) is 11.6 Å². The molecule has 14 nitrogen and oxygen atoms in total. The summed E-state index contributed by atoms with van der Waals surface area (Å²) < 4.78 is 11.5. The van der Waals surface area contributed by atoms with Gasteiger partial charge in [-0.1, -0.05) is 24.3 Å². The first-order chi connectivity index (χ1) is 22.5. The third kappa shape index (κ3) is 4.27. The number of hydrogen-bond donors (Lipinski definition) is 5. The van der Waals surface area contributed by atoms with Crippen molar-refractivity contribution in [3.8, 4) is 11.5 Å². The number of carboxylic acid groups (broad SMARTS) is 1. The molecule has 0 saturated carbocycles. The van der Waals surface area contributed by atoms with Gasteiger partial charge in [-0.25, -0.2) is 0 Å². The Morgan fingerprint density at radius 2 is 1.19 bits per heavy atom. The average Bonchev–Trinajstić information content (AvgIpc) is 3.02. The first-order valence-electron chi connectivity index (χ1n) is 15.1. The molecule has 4 aliphatic rings. The number of phenols is 2. The van der Waals surface area contributed by atoms with Gasteiger partial charge < -0.3 is 39.7 Å². The van der Waals surface area contributed by atoms with Crippen LogP contribution in [0.5, 0.6) is 11.5 Å². The number of Topliss-reactive ketones (excluding diaryl/α,β-unsaturated/α-hetero) is 4. The Morgan fingerprint density at radius 3 is 1.58 bits per heavy atom. The van der Waals surface area contributed by atoms with Crippen LogP contribution in [-0.2, 0) is 23.8 Å². The molecule has 15 heteroatoms. The highest BCUT2D eigenvalue weighted by Crippen LogP contribution is 2.64. The van der Waals surface area contributed by atoms with Gasteiger partial charge in [-0.2, -0.15) is 0 Å². The van der Waals surface area contributed by atoms with E-state index >= 15 is 0 Å². The van der Waals surface area contributed by atoms with E-state index in [4.69, 9.17) is 14.2 Å². The van der Waals surface area contributed by atoms with Gasteiger partial charge >= 0.3 is 11.9 Å². The summed E-state index contributed by atoms with van der Waals surface area (Å²) in [4.78, 5) is 82.9. The van der Waals surface area contributed by atoms with Gasteiger partial charge in [0.05, 0.1) is 55.5 Å². The van der Waals surface area contributed by atoms with E-state index in [2.05, 4.69) is 0 Å². The summed E-state index contributed by atoms with van der Waals surface area (Å²) in [7, 11) is 1.12. The van der Waals surface area contributed by atoms with Crippen molar-refractivity contribution >= 4 is 46.8 Å². The molecule has 8 atom stereocenters. The third-order valence-corrected chi connectivity index (χ3v) is 12.1. The van der Waals surface area contributed by atoms with Crippen molar-refractivity contribution in [2.75, 3.05) is 7.11 Å². The third-order valence-electron chi connectivity index (χ3n) is 10.1. The Bertz CT molecular complexity index is 1810. The molecule has 2 aromatic carbocycles. The number of carbonyl (C=O) groups excluding carboxylic acids is 5. The molecular formula is C33H32O14S. The number of hydrogen-bond acceptors (Lipinski definition) is 14. The molecule has 2 aromatic rings. The highest BCUT2D eigenvalue weighted by Gasteiger charge is 2.78. The Morgan fingerprint density at radius 1 is 0.771 bits per heavy atom. The lowest BCUT2D eigenvalue weighted by Gasteiger charge is -2.61. The van der Waals surface area contributed by atoms with E-state index < -0.39 is 128 Å². The zero-order valence-corrected chi connectivity index (χ0v) is 26.7. The Hall–Kier alpha value is -4.15. The molecule has 2 heterocycles. The second-order valence-electron chi connectivity index (χ2n) is 12.6. The molecule has 0 radical (unpaired) electrons. The fourth-order valence-electron chi connectivity index (χ4n) is 7.83. The minimum atomic E-state index is -2.90. The molecule has 0 aromatic heterocycles. The second-order valence-corrected chi connectivity index (χ2v) is 14.2. The largest absolute Gasteiger partial charge is 0.507 e. The molecule has 0 spiro atoms. The van der Waals surface area contributed by atoms with Crippen LogP contribution in [0.4, 0.5) is 0 Å². The predicted molar refractivity (Wildman–Crippen MR) is 163 cm³/mol. The lowest BCUT2D eigenvalue weighted by Crippen LogP contribution is -2.79. The van der Waals surface area contributed by atoms with Gasteiger partial charge in [0, 0.05) is 11.1 Å². The molecule has 0 bridgehead atoms. The molecule has 48 heavy (non-hydrogen) atoms. The van der Waals surface area contributed by atoms with Crippen LogP contribution in [-0.4, -0.2) is 113 Å². The van der Waals surface area contributed by atoms with Crippen LogP contribution >= 0.6 is 11.8 Å². The highest BCUT2D eigenvalue weighted by atomic mass is 32.2. The van der Waals surface area contributed by atoms with Gasteiger partial charge in [-0.3, -0.25) is 28.8 Å². The number of methoxy groups -OCH3 is 1. The SMILES string of the molecule is COC(=O)C[C@H]1C[C@@]2(S[C@@]34C[C@H](CC(=O)O)O[C@H](C)[C@]3(O)C(=O)c3c(O)cccc3C4=O)C(=O)c3cccc(O)c3C(=O)[C@@]2(O)[C@@H](C)O1. The summed E-state index contributed by atoms with van der Waals surface area (Å²) in [6.45, 7) is 2.50. The lowest BCUT2D eigenvalue weighted by atomic mass is 9.63. The van der Waals surface area contributed by atoms with Crippen molar-refractivity contribution in [3.63, 3.8) is 0 Å². The fourth-order valence-corrected chi connectivity index (χ4v) is 10.2. The highest BCUT2D eigenvalue weighted by molar-refractivity contribution is 8.03. The fraction of sp³-hybridized carbons (Fsp3) is 0.455.